The number of benzene rings is 2. The standard InChI is InChI=1S/C17H21NO2/c1-18-13-16-8-5-9-17(12-16)20-11-10-19-14-15-6-3-2-4-7-15/h2-9,12,18H,10-11,13-14H2,1H3. The van der Waals surface area contributed by atoms with Gasteiger partial charge in [0.1, 0.15) is 12.4 Å². The van der Waals surface area contributed by atoms with Gasteiger partial charge in [0.15, 0.2) is 0 Å². The average molecular weight is 271 g/mol. The number of rotatable bonds is 8. The molecule has 3 heteroatoms. The molecular weight excluding hydrogens is 250 g/mol. The monoisotopic (exact) mass is 271 g/mol. The molecular formula is C17H21NO2. The summed E-state index contributed by atoms with van der Waals surface area (Å²) in [6.07, 6.45) is 0. The van der Waals surface area contributed by atoms with Crippen LogP contribution < -0.4 is 10.1 Å². The van der Waals surface area contributed by atoms with Crippen molar-refractivity contribution in [3.8, 4) is 5.75 Å². The minimum atomic E-state index is 0.565. The summed E-state index contributed by atoms with van der Waals surface area (Å²) in [5.74, 6) is 0.890. The van der Waals surface area contributed by atoms with Crippen LogP contribution >= 0.6 is 0 Å². The molecule has 2 aromatic carbocycles. The number of hydrogen-bond donors (Lipinski definition) is 1. The van der Waals surface area contributed by atoms with E-state index < -0.39 is 0 Å². The van der Waals surface area contributed by atoms with E-state index in [1.54, 1.807) is 0 Å². The Morgan fingerprint density at radius 2 is 1.70 bits per heavy atom. The maximum Gasteiger partial charge on any atom is 0.119 e. The lowest BCUT2D eigenvalue weighted by Gasteiger charge is -2.08. The maximum atomic E-state index is 5.68. The number of nitrogens with one attached hydrogen (secondary N) is 1. The summed E-state index contributed by atoms with van der Waals surface area (Å²) >= 11 is 0. The minimum Gasteiger partial charge on any atom is -0.491 e. The van der Waals surface area contributed by atoms with E-state index in [0.29, 0.717) is 19.8 Å². The largest absolute Gasteiger partial charge is 0.491 e. The van der Waals surface area contributed by atoms with Crippen molar-refractivity contribution in [3.05, 3.63) is 65.7 Å². The molecule has 0 amide bonds. The van der Waals surface area contributed by atoms with Gasteiger partial charge < -0.3 is 14.8 Å². The highest BCUT2D eigenvalue weighted by Gasteiger charge is 1.97. The van der Waals surface area contributed by atoms with Gasteiger partial charge in [0.25, 0.3) is 0 Å². The lowest BCUT2D eigenvalue weighted by atomic mass is 10.2. The van der Waals surface area contributed by atoms with Crippen LogP contribution in [-0.4, -0.2) is 20.3 Å². The minimum absolute atomic E-state index is 0.565. The molecule has 0 aliphatic carbocycles. The zero-order chi connectivity index (χ0) is 14.0. The Labute approximate surface area is 120 Å². The molecule has 0 fully saturated rings. The first-order valence-electron chi connectivity index (χ1n) is 6.86. The predicted octanol–water partition coefficient (Wildman–Crippen LogP) is 3.00. The fraction of sp³-hybridized carbons (Fsp3) is 0.294. The first-order chi connectivity index (χ1) is 9.88. The first-order valence-corrected chi connectivity index (χ1v) is 6.86. The van der Waals surface area contributed by atoms with Crippen molar-refractivity contribution in [2.75, 3.05) is 20.3 Å². The SMILES string of the molecule is CNCc1cccc(OCCOCc2ccccc2)c1. The average Bonchev–Trinajstić information content (AvgIpc) is 2.49. The third-order valence-corrected chi connectivity index (χ3v) is 2.89. The van der Waals surface area contributed by atoms with E-state index in [1.807, 2.05) is 43.4 Å². The highest BCUT2D eigenvalue weighted by atomic mass is 16.5. The van der Waals surface area contributed by atoms with E-state index in [-0.39, 0.29) is 0 Å². The summed E-state index contributed by atoms with van der Waals surface area (Å²) in [6.45, 7) is 2.63. The molecule has 2 aromatic rings. The van der Waals surface area contributed by atoms with Crippen LogP contribution in [0.5, 0.6) is 5.75 Å². The summed E-state index contributed by atoms with van der Waals surface area (Å²) < 4.78 is 11.3. The second kappa shape index (κ2) is 8.35. The summed E-state index contributed by atoms with van der Waals surface area (Å²) in [5, 5.41) is 3.13. The van der Waals surface area contributed by atoms with Crippen molar-refractivity contribution >= 4 is 0 Å². The van der Waals surface area contributed by atoms with Gasteiger partial charge in [-0.2, -0.15) is 0 Å². The molecule has 0 atom stereocenters. The third kappa shape index (κ3) is 5.03. The van der Waals surface area contributed by atoms with Crippen LogP contribution in [0.4, 0.5) is 0 Å². The van der Waals surface area contributed by atoms with Crippen LogP contribution in [0.3, 0.4) is 0 Å². The van der Waals surface area contributed by atoms with Gasteiger partial charge in [-0.15, -0.1) is 0 Å². The van der Waals surface area contributed by atoms with E-state index in [0.717, 1.165) is 12.3 Å². The van der Waals surface area contributed by atoms with Gasteiger partial charge in [0, 0.05) is 6.54 Å². The van der Waals surface area contributed by atoms with Crippen molar-refractivity contribution in [2.24, 2.45) is 0 Å². The Bertz CT molecular complexity index is 499. The second-order valence-electron chi connectivity index (χ2n) is 4.56. The Hall–Kier alpha value is -1.84. The molecule has 1 N–H and O–H groups in total. The highest BCUT2D eigenvalue weighted by molar-refractivity contribution is 5.28. The molecule has 0 saturated heterocycles. The van der Waals surface area contributed by atoms with Crippen LogP contribution in [-0.2, 0) is 17.9 Å². The van der Waals surface area contributed by atoms with Crippen molar-refractivity contribution in [3.63, 3.8) is 0 Å². The van der Waals surface area contributed by atoms with Crippen molar-refractivity contribution in [1.82, 2.24) is 5.32 Å². The Morgan fingerprint density at radius 3 is 2.50 bits per heavy atom. The normalized spacial score (nSPS) is 10.4. The zero-order valence-corrected chi connectivity index (χ0v) is 11.8. The molecule has 0 radical (unpaired) electrons. The van der Waals surface area contributed by atoms with Gasteiger partial charge in [-0.1, -0.05) is 42.5 Å². The van der Waals surface area contributed by atoms with Gasteiger partial charge >= 0.3 is 0 Å². The Morgan fingerprint density at radius 1 is 0.900 bits per heavy atom. The molecule has 0 unspecified atom stereocenters. The van der Waals surface area contributed by atoms with Gasteiger partial charge in [0.05, 0.1) is 13.2 Å². The van der Waals surface area contributed by atoms with E-state index in [4.69, 9.17) is 9.47 Å². The fourth-order valence-corrected chi connectivity index (χ4v) is 1.93. The fourth-order valence-electron chi connectivity index (χ4n) is 1.93. The topological polar surface area (TPSA) is 30.5 Å². The van der Waals surface area contributed by atoms with Gasteiger partial charge in [-0.05, 0) is 30.3 Å². The van der Waals surface area contributed by atoms with Crippen LogP contribution in [0.25, 0.3) is 0 Å². The smallest absolute Gasteiger partial charge is 0.119 e. The Balaban J connectivity index is 1.67. The molecule has 106 valence electrons. The summed E-state index contributed by atoms with van der Waals surface area (Å²) in [4.78, 5) is 0. The first kappa shape index (κ1) is 14.6. The quantitative estimate of drug-likeness (QED) is 0.749. The van der Waals surface area contributed by atoms with Crippen LogP contribution in [0, 0.1) is 0 Å². The molecule has 20 heavy (non-hydrogen) atoms. The molecule has 0 saturated carbocycles. The summed E-state index contributed by atoms with van der Waals surface area (Å²) in [6, 6.07) is 18.3. The summed E-state index contributed by atoms with van der Waals surface area (Å²) in [7, 11) is 1.94. The van der Waals surface area contributed by atoms with Crippen molar-refractivity contribution in [2.45, 2.75) is 13.2 Å². The van der Waals surface area contributed by atoms with E-state index in [9.17, 15) is 0 Å². The molecule has 0 heterocycles. The van der Waals surface area contributed by atoms with E-state index >= 15 is 0 Å². The lowest BCUT2D eigenvalue weighted by Crippen LogP contribution is -2.08. The van der Waals surface area contributed by atoms with Crippen LogP contribution in [0.2, 0.25) is 0 Å². The van der Waals surface area contributed by atoms with E-state index in [1.165, 1.54) is 11.1 Å². The van der Waals surface area contributed by atoms with Gasteiger partial charge in [-0.3, -0.25) is 0 Å². The van der Waals surface area contributed by atoms with Crippen molar-refractivity contribution in [1.29, 1.82) is 0 Å². The third-order valence-electron chi connectivity index (χ3n) is 2.89. The molecule has 0 aliphatic heterocycles. The maximum absolute atomic E-state index is 5.68. The molecule has 0 aliphatic rings. The lowest BCUT2D eigenvalue weighted by molar-refractivity contribution is 0.0889. The molecule has 0 bridgehead atoms. The molecule has 0 spiro atoms. The second-order valence-corrected chi connectivity index (χ2v) is 4.56. The predicted molar refractivity (Wildman–Crippen MR) is 80.8 cm³/mol. The van der Waals surface area contributed by atoms with Gasteiger partial charge in [-0.25, -0.2) is 0 Å². The zero-order valence-electron chi connectivity index (χ0n) is 11.8. The Kier molecular flexibility index (Phi) is 6.08. The number of hydrogen-bond acceptors (Lipinski definition) is 3. The number of ether oxygens (including phenoxy) is 2. The molecule has 2 rings (SSSR count). The summed E-state index contributed by atoms with van der Waals surface area (Å²) in [5.41, 5.74) is 2.40. The van der Waals surface area contributed by atoms with E-state index in [2.05, 4.69) is 23.5 Å². The van der Waals surface area contributed by atoms with Gasteiger partial charge in [0.2, 0.25) is 0 Å². The van der Waals surface area contributed by atoms with Crippen LogP contribution in [0.1, 0.15) is 11.1 Å². The molecule has 3 nitrogen and oxygen atoms in total. The molecule has 0 aromatic heterocycles. The highest BCUT2D eigenvalue weighted by Crippen LogP contribution is 2.13. The van der Waals surface area contributed by atoms with Crippen molar-refractivity contribution < 1.29 is 9.47 Å². The van der Waals surface area contributed by atoms with Crippen LogP contribution in [0.15, 0.2) is 54.6 Å².